The van der Waals surface area contributed by atoms with Crippen LogP contribution in [0.25, 0.3) is 0 Å². The van der Waals surface area contributed by atoms with Crippen molar-refractivity contribution in [1.82, 2.24) is 4.98 Å². The van der Waals surface area contributed by atoms with Crippen molar-refractivity contribution >= 4 is 18.5 Å². The first-order valence-corrected chi connectivity index (χ1v) is 6.47. The van der Waals surface area contributed by atoms with Gasteiger partial charge in [-0.1, -0.05) is 0 Å². The predicted molar refractivity (Wildman–Crippen MR) is 74.7 cm³/mol. The molecule has 1 aromatic rings. The van der Waals surface area contributed by atoms with E-state index >= 15 is 0 Å². The van der Waals surface area contributed by atoms with E-state index < -0.39 is 18.3 Å². The normalized spacial score (nSPS) is 20.6. The van der Waals surface area contributed by atoms with Gasteiger partial charge in [-0.15, -0.1) is 0 Å². The molecule has 0 radical (unpaired) electrons. The largest absolute Gasteiger partial charge is 0.514 e. The van der Waals surface area contributed by atoms with E-state index in [9.17, 15) is 4.79 Å². The topological polar surface area (TPSA) is 48.4 Å². The van der Waals surface area contributed by atoms with Gasteiger partial charge < -0.3 is 9.31 Å². The van der Waals surface area contributed by atoms with Crippen molar-refractivity contribution in [3.8, 4) is 0 Å². The molecule has 1 aromatic heterocycles. The van der Waals surface area contributed by atoms with E-state index in [0.29, 0.717) is 11.2 Å². The van der Waals surface area contributed by atoms with Crippen molar-refractivity contribution in [3.63, 3.8) is 0 Å². The summed E-state index contributed by atoms with van der Waals surface area (Å²) in [4.78, 5) is 15.9. The van der Waals surface area contributed by atoms with Crippen molar-refractivity contribution in [1.29, 1.82) is 0 Å². The lowest BCUT2D eigenvalue weighted by Gasteiger charge is -2.32. The van der Waals surface area contributed by atoms with E-state index in [4.69, 9.17) is 9.31 Å². The molecule has 1 saturated heterocycles. The molecule has 0 unspecified atom stereocenters. The van der Waals surface area contributed by atoms with Gasteiger partial charge in [0.2, 0.25) is 0 Å². The molecule has 1 aliphatic heterocycles. The fourth-order valence-electron chi connectivity index (χ4n) is 1.98. The third-order valence-corrected chi connectivity index (χ3v) is 3.87. The number of hydrogen-bond donors (Lipinski definition) is 0. The summed E-state index contributed by atoms with van der Waals surface area (Å²) in [5.41, 5.74) is 1.28. The molecule has 0 atom stereocenters. The third-order valence-electron chi connectivity index (χ3n) is 3.87. The fraction of sp³-hybridized carbons (Fsp3) is 0.571. The van der Waals surface area contributed by atoms with E-state index in [1.54, 1.807) is 19.1 Å². The zero-order valence-electron chi connectivity index (χ0n) is 12.4. The van der Waals surface area contributed by atoms with Gasteiger partial charge in [0.05, 0.1) is 16.8 Å². The lowest BCUT2D eigenvalue weighted by Crippen LogP contribution is -2.41. The lowest BCUT2D eigenvalue weighted by molar-refractivity contribution is 0.00578. The highest BCUT2D eigenvalue weighted by Gasteiger charge is 2.52. The summed E-state index contributed by atoms with van der Waals surface area (Å²) in [6.45, 7) is 11.4. The molecule has 0 aliphatic carbocycles. The molecule has 19 heavy (non-hydrogen) atoms. The zero-order chi connectivity index (χ0) is 14.4. The average molecular weight is 261 g/mol. The maximum Gasteiger partial charge on any atom is 0.514 e. The summed E-state index contributed by atoms with van der Waals surface area (Å²) in [7, 11) is -0.525. The highest BCUT2D eigenvalue weighted by Crippen LogP contribution is 2.36. The first-order valence-electron chi connectivity index (χ1n) is 6.47. The molecular formula is C14H20BNO3. The van der Waals surface area contributed by atoms with Crippen molar-refractivity contribution in [2.24, 2.45) is 0 Å². The minimum Gasteiger partial charge on any atom is -0.398 e. The molecule has 2 heterocycles. The van der Waals surface area contributed by atoms with Crippen LogP contribution in [-0.2, 0) is 9.31 Å². The van der Waals surface area contributed by atoms with Crippen molar-refractivity contribution in [2.75, 3.05) is 0 Å². The summed E-state index contributed by atoms with van der Waals surface area (Å²) in [6, 6.07) is 3.52. The maximum atomic E-state index is 11.5. The van der Waals surface area contributed by atoms with Crippen LogP contribution in [0.1, 0.15) is 50.7 Å². The number of carbonyl (C=O) groups is 1. The van der Waals surface area contributed by atoms with E-state index in [-0.39, 0.29) is 5.78 Å². The number of nitrogens with zero attached hydrogens (tertiary/aromatic N) is 1. The molecule has 102 valence electrons. The van der Waals surface area contributed by atoms with Crippen LogP contribution in [0, 0.1) is 6.92 Å². The molecule has 0 aromatic carbocycles. The quantitative estimate of drug-likeness (QED) is 0.602. The van der Waals surface area contributed by atoms with Crippen LogP contribution < -0.4 is 5.59 Å². The van der Waals surface area contributed by atoms with Gasteiger partial charge in [0, 0.05) is 11.3 Å². The van der Waals surface area contributed by atoms with Crippen molar-refractivity contribution < 1.29 is 14.1 Å². The molecule has 4 nitrogen and oxygen atoms in total. The Bertz CT molecular complexity index is 509. The van der Waals surface area contributed by atoms with Crippen molar-refractivity contribution in [2.45, 2.75) is 52.7 Å². The van der Waals surface area contributed by atoms with Crippen LogP contribution in [-0.4, -0.2) is 29.1 Å². The Morgan fingerprint density at radius 2 is 1.68 bits per heavy atom. The van der Waals surface area contributed by atoms with Gasteiger partial charge in [-0.25, -0.2) is 0 Å². The number of Topliss-reactive ketones (excluding diaryl/α,β-unsaturated/α-hetero) is 1. The van der Waals surface area contributed by atoms with Gasteiger partial charge in [0.15, 0.2) is 5.78 Å². The first kappa shape index (κ1) is 14.2. The van der Waals surface area contributed by atoms with Crippen LogP contribution in [0.15, 0.2) is 12.1 Å². The monoisotopic (exact) mass is 261 g/mol. The number of aryl methyl sites for hydroxylation is 1. The molecular weight excluding hydrogens is 241 g/mol. The van der Waals surface area contributed by atoms with E-state index in [1.165, 1.54) is 0 Å². The van der Waals surface area contributed by atoms with Crippen LogP contribution in [0.4, 0.5) is 0 Å². The molecule has 0 saturated carbocycles. The van der Waals surface area contributed by atoms with Crippen LogP contribution in [0.3, 0.4) is 0 Å². The Labute approximate surface area is 114 Å². The SMILES string of the molecule is CC(=O)c1cc(C)nc(B2OC(C)(C)C(C)(C)O2)c1. The van der Waals surface area contributed by atoms with E-state index in [2.05, 4.69) is 4.98 Å². The Balaban J connectivity index is 2.37. The van der Waals surface area contributed by atoms with E-state index in [1.807, 2.05) is 34.6 Å². The fourth-order valence-corrected chi connectivity index (χ4v) is 1.98. The molecule has 0 amide bonds. The zero-order valence-corrected chi connectivity index (χ0v) is 12.4. The number of pyridine rings is 1. The molecule has 1 aliphatic rings. The molecule has 5 heteroatoms. The summed E-state index contributed by atoms with van der Waals surface area (Å²) in [6.07, 6.45) is 0. The summed E-state index contributed by atoms with van der Waals surface area (Å²) in [5.74, 6) is 0.0169. The molecule has 2 rings (SSSR count). The third kappa shape index (κ3) is 2.58. The molecule has 1 fully saturated rings. The summed E-state index contributed by atoms with van der Waals surface area (Å²) < 4.78 is 11.9. The minimum atomic E-state index is -0.525. The van der Waals surface area contributed by atoms with Gasteiger partial charge in [-0.05, 0) is 53.7 Å². The highest BCUT2D eigenvalue weighted by atomic mass is 16.7. The Hall–Kier alpha value is -1.20. The molecule has 0 N–H and O–H groups in total. The van der Waals surface area contributed by atoms with Gasteiger partial charge in [0.25, 0.3) is 0 Å². The molecule has 0 spiro atoms. The number of carbonyl (C=O) groups excluding carboxylic acids is 1. The number of ketones is 1. The number of rotatable bonds is 2. The second-order valence-electron chi connectivity index (χ2n) is 6.07. The van der Waals surface area contributed by atoms with Gasteiger partial charge in [-0.2, -0.15) is 0 Å². The Kier molecular flexibility index (Phi) is 3.31. The second kappa shape index (κ2) is 4.42. The Morgan fingerprint density at radius 3 is 2.16 bits per heavy atom. The highest BCUT2D eigenvalue weighted by molar-refractivity contribution is 6.61. The van der Waals surface area contributed by atoms with Crippen LogP contribution in [0.5, 0.6) is 0 Å². The summed E-state index contributed by atoms with van der Waals surface area (Å²) in [5, 5.41) is 0. The smallest absolute Gasteiger partial charge is 0.398 e. The number of hydrogen-bond acceptors (Lipinski definition) is 4. The lowest BCUT2D eigenvalue weighted by atomic mass is 9.83. The minimum absolute atomic E-state index is 0.0169. The van der Waals surface area contributed by atoms with Gasteiger partial charge in [-0.3, -0.25) is 9.78 Å². The molecule has 0 bridgehead atoms. The standard InChI is InChI=1S/C14H20BNO3/c1-9-7-11(10(2)17)8-12(16-9)15-18-13(3,4)14(5,6)19-15/h7-8H,1-6H3. The number of aromatic nitrogens is 1. The first-order chi connectivity index (χ1) is 8.62. The van der Waals surface area contributed by atoms with Gasteiger partial charge >= 0.3 is 7.12 Å². The maximum absolute atomic E-state index is 11.5. The second-order valence-corrected chi connectivity index (χ2v) is 6.07. The Morgan fingerprint density at radius 1 is 1.16 bits per heavy atom. The average Bonchev–Trinajstić information content (AvgIpc) is 2.47. The van der Waals surface area contributed by atoms with Crippen LogP contribution in [0.2, 0.25) is 0 Å². The van der Waals surface area contributed by atoms with Crippen LogP contribution >= 0.6 is 0 Å². The van der Waals surface area contributed by atoms with E-state index in [0.717, 1.165) is 5.69 Å². The summed E-state index contributed by atoms with van der Waals surface area (Å²) >= 11 is 0. The van der Waals surface area contributed by atoms with Crippen molar-refractivity contribution in [3.05, 3.63) is 23.4 Å². The van der Waals surface area contributed by atoms with Gasteiger partial charge in [0.1, 0.15) is 0 Å². The predicted octanol–water partition coefficient (Wildman–Crippen LogP) is 1.89.